The quantitative estimate of drug-likeness (QED) is 0.581. The minimum Gasteiger partial charge on any atom is -0.263 e. The van der Waals surface area contributed by atoms with Crippen molar-refractivity contribution in [1.29, 1.82) is 0 Å². The monoisotopic (exact) mass is 186 g/mol. The first kappa shape index (κ1) is 7.94. The topological polar surface area (TPSA) is 21.5 Å². The van der Waals surface area contributed by atoms with Gasteiger partial charge in [0.25, 0.3) is 0 Å². The van der Waals surface area contributed by atoms with E-state index in [0.717, 1.165) is 23.6 Å². The average molecular weight is 186 g/mol. The van der Waals surface area contributed by atoms with Gasteiger partial charge in [-0.3, -0.25) is 4.90 Å². The van der Waals surface area contributed by atoms with Gasteiger partial charge in [-0.05, 0) is 17.7 Å². The van der Waals surface area contributed by atoms with E-state index in [1.165, 1.54) is 5.56 Å². The highest BCUT2D eigenvalue weighted by molar-refractivity contribution is 5.90. The average Bonchev–Trinajstić information content (AvgIpc) is 2.27. The van der Waals surface area contributed by atoms with Gasteiger partial charge >= 0.3 is 5.91 Å². The normalized spacial score (nSPS) is 28.7. The molecule has 3 rings (SSSR count). The van der Waals surface area contributed by atoms with Crippen LogP contribution in [-0.2, 0) is 0 Å². The predicted octanol–water partition coefficient (Wildman–Crippen LogP) is 0.379. The SMILES string of the molecule is O=C1c2ccccc2C2C=CC[NH+]1C2. The molecule has 0 saturated carbocycles. The molecule has 0 aliphatic carbocycles. The second-order valence-electron chi connectivity index (χ2n) is 3.96. The van der Waals surface area contributed by atoms with Gasteiger partial charge in [0.1, 0.15) is 6.54 Å². The van der Waals surface area contributed by atoms with Gasteiger partial charge in [0.2, 0.25) is 0 Å². The minimum absolute atomic E-state index is 0.265. The Balaban J connectivity index is 2.21. The molecule has 2 heteroatoms. The Kier molecular flexibility index (Phi) is 1.58. The van der Waals surface area contributed by atoms with E-state index in [-0.39, 0.29) is 5.91 Å². The van der Waals surface area contributed by atoms with E-state index in [4.69, 9.17) is 0 Å². The summed E-state index contributed by atoms with van der Waals surface area (Å²) >= 11 is 0. The molecule has 1 aromatic rings. The molecular weight excluding hydrogens is 174 g/mol. The molecule has 2 heterocycles. The number of fused-ring (bicyclic) bond motifs is 4. The number of carbonyl (C=O) groups is 1. The molecule has 70 valence electrons. The highest BCUT2D eigenvalue weighted by Crippen LogP contribution is 2.24. The highest BCUT2D eigenvalue weighted by Gasteiger charge is 2.35. The number of hydrogen-bond acceptors (Lipinski definition) is 1. The van der Waals surface area contributed by atoms with Crippen molar-refractivity contribution >= 4 is 5.91 Å². The lowest BCUT2D eigenvalue weighted by Crippen LogP contribution is -3.16. The van der Waals surface area contributed by atoms with Crippen molar-refractivity contribution in [2.45, 2.75) is 5.92 Å². The second-order valence-corrected chi connectivity index (χ2v) is 3.96. The summed E-state index contributed by atoms with van der Waals surface area (Å²) in [6.45, 7) is 1.79. The van der Waals surface area contributed by atoms with Crippen LogP contribution in [0.4, 0.5) is 0 Å². The van der Waals surface area contributed by atoms with Crippen LogP contribution in [0.2, 0.25) is 0 Å². The Hall–Kier alpha value is -1.41. The molecular formula is C12H12NO+. The number of amides is 1. The van der Waals surface area contributed by atoms with E-state index in [0.29, 0.717) is 5.92 Å². The standard InChI is InChI=1S/C12H11NO/c14-12-11-6-2-1-5-10(11)9-4-3-7-13(12)8-9/h1-6,9H,7-8H2/p+1. The largest absolute Gasteiger partial charge is 0.344 e. The summed E-state index contributed by atoms with van der Waals surface area (Å²) in [6.07, 6.45) is 4.35. The van der Waals surface area contributed by atoms with Crippen molar-refractivity contribution in [3.05, 3.63) is 47.5 Å². The van der Waals surface area contributed by atoms with Crippen LogP contribution in [-0.4, -0.2) is 19.0 Å². The first-order valence-electron chi connectivity index (χ1n) is 5.01. The molecule has 1 N–H and O–H groups in total. The molecule has 0 spiro atoms. The first-order valence-corrected chi connectivity index (χ1v) is 5.01. The summed E-state index contributed by atoms with van der Waals surface area (Å²) in [4.78, 5) is 13.0. The fraction of sp³-hybridized carbons (Fsp3) is 0.250. The summed E-state index contributed by atoms with van der Waals surface area (Å²) in [7, 11) is 0. The van der Waals surface area contributed by atoms with Gasteiger partial charge in [-0.25, -0.2) is 4.79 Å². The fourth-order valence-electron chi connectivity index (χ4n) is 2.41. The summed E-state index contributed by atoms with van der Waals surface area (Å²) < 4.78 is 0. The lowest BCUT2D eigenvalue weighted by molar-refractivity contribution is -0.812. The van der Waals surface area contributed by atoms with Crippen LogP contribution in [0.3, 0.4) is 0 Å². The van der Waals surface area contributed by atoms with Crippen molar-refractivity contribution in [2.75, 3.05) is 13.1 Å². The molecule has 1 aromatic carbocycles. The highest BCUT2D eigenvalue weighted by atomic mass is 16.2. The van der Waals surface area contributed by atoms with Gasteiger partial charge in [0, 0.05) is 0 Å². The maximum atomic E-state index is 12.0. The number of hydrogen-bond donors (Lipinski definition) is 1. The molecule has 0 aromatic heterocycles. The molecule has 2 atom stereocenters. The molecule has 2 nitrogen and oxygen atoms in total. The zero-order valence-electron chi connectivity index (χ0n) is 7.86. The Morgan fingerprint density at radius 1 is 1.29 bits per heavy atom. The lowest BCUT2D eigenvalue weighted by Gasteiger charge is -2.30. The molecule has 0 radical (unpaired) electrons. The van der Waals surface area contributed by atoms with Crippen LogP contribution in [0.5, 0.6) is 0 Å². The molecule has 14 heavy (non-hydrogen) atoms. The molecule has 0 saturated heterocycles. The lowest BCUT2D eigenvalue weighted by atomic mass is 9.87. The van der Waals surface area contributed by atoms with Gasteiger partial charge in [0.15, 0.2) is 0 Å². The molecule has 0 fully saturated rings. The molecule has 2 unspecified atom stereocenters. The van der Waals surface area contributed by atoms with E-state index in [1.807, 2.05) is 18.2 Å². The maximum Gasteiger partial charge on any atom is 0.344 e. The summed E-state index contributed by atoms with van der Waals surface area (Å²) in [5.74, 6) is 0.717. The maximum absolute atomic E-state index is 12.0. The Morgan fingerprint density at radius 2 is 2.14 bits per heavy atom. The Morgan fingerprint density at radius 3 is 3.07 bits per heavy atom. The zero-order chi connectivity index (χ0) is 9.54. The Bertz CT molecular complexity index is 422. The summed E-state index contributed by atoms with van der Waals surface area (Å²) in [6, 6.07) is 7.98. The first-order chi connectivity index (χ1) is 6.86. The van der Waals surface area contributed by atoms with Crippen LogP contribution < -0.4 is 4.90 Å². The van der Waals surface area contributed by atoms with Crippen molar-refractivity contribution < 1.29 is 9.69 Å². The number of rotatable bonds is 0. The smallest absolute Gasteiger partial charge is 0.263 e. The van der Waals surface area contributed by atoms with E-state index in [9.17, 15) is 4.79 Å². The third kappa shape index (κ3) is 0.976. The predicted molar refractivity (Wildman–Crippen MR) is 53.4 cm³/mol. The van der Waals surface area contributed by atoms with Crippen molar-refractivity contribution in [3.8, 4) is 0 Å². The number of carbonyl (C=O) groups excluding carboxylic acids is 1. The van der Waals surface area contributed by atoms with E-state index >= 15 is 0 Å². The third-order valence-electron chi connectivity index (χ3n) is 3.12. The van der Waals surface area contributed by atoms with Crippen LogP contribution in [0.15, 0.2) is 36.4 Å². The van der Waals surface area contributed by atoms with Gasteiger partial charge < -0.3 is 0 Å². The van der Waals surface area contributed by atoms with Crippen LogP contribution in [0, 0.1) is 0 Å². The van der Waals surface area contributed by atoms with E-state index in [1.54, 1.807) is 0 Å². The van der Waals surface area contributed by atoms with Gasteiger partial charge in [-0.1, -0.05) is 24.3 Å². The van der Waals surface area contributed by atoms with Crippen molar-refractivity contribution in [2.24, 2.45) is 0 Å². The summed E-state index contributed by atoms with van der Waals surface area (Å²) in [5, 5.41) is 0. The minimum atomic E-state index is 0.265. The van der Waals surface area contributed by atoms with Gasteiger partial charge in [-0.15, -0.1) is 0 Å². The van der Waals surface area contributed by atoms with Gasteiger partial charge in [0.05, 0.1) is 18.0 Å². The molecule has 2 bridgehead atoms. The number of quaternary nitrogens is 1. The zero-order valence-corrected chi connectivity index (χ0v) is 7.86. The van der Waals surface area contributed by atoms with Gasteiger partial charge in [-0.2, -0.15) is 0 Å². The summed E-state index contributed by atoms with van der Waals surface area (Å²) in [5.41, 5.74) is 2.13. The van der Waals surface area contributed by atoms with Crippen molar-refractivity contribution in [3.63, 3.8) is 0 Å². The Labute approximate surface area is 82.8 Å². The van der Waals surface area contributed by atoms with Crippen LogP contribution in [0.1, 0.15) is 21.8 Å². The molecule has 2 aliphatic rings. The number of benzene rings is 1. The van der Waals surface area contributed by atoms with Crippen molar-refractivity contribution in [1.82, 2.24) is 0 Å². The van der Waals surface area contributed by atoms with Crippen LogP contribution >= 0.6 is 0 Å². The van der Waals surface area contributed by atoms with E-state index in [2.05, 4.69) is 18.2 Å². The molecule has 1 amide bonds. The third-order valence-corrected chi connectivity index (χ3v) is 3.12. The van der Waals surface area contributed by atoms with Crippen LogP contribution in [0.25, 0.3) is 0 Å². The second kappa shape index (κ2) is 2.79. The number of nitrogens with one attached hydrogen (secondary N) is 1. The fourth-order valence-corrected chi connectivity index (χ4v) is 2.41. The van der Waals surface area contributed by atoms with E-state index < -0.39 is 0 Å². The molecule has 2 aliphatic heterocycles.